The molecule has 0 spiro atoms. The molecule has 1 fully saturated rings. The van der Waals surface area contributed by atoms with Crippen molar-refractivity contribution < 1.29 is 4.74 Å². The molecule has 17 heavy (non-hydrogen) atoms. The van der Waals surface area contributed by atoms with Gasteiger partial charge in [0.25, 0.3) is 0 Å². The molecule has 1 rings (SSSR count). The van der Waals surface area contributed by atoms with Crippen molar-refractivity contribution in [3.8, 4) is 0 Å². The highest BCUT2D eigenvalue weighted by atomic mass is 16.5. The molecule has 2 unspecified atom stereocenters. The normalized spacial score (nSPS) is 22.1. The summed E-state index contributed by atoms with van der Waals surface area (Å²) < 4.78 is 5.97. The lowest BCUT2D eigenvalue weighted by atomic mass is 9.87. The smallest absolute Gasteiger partial charge is 0.0730 e. The molecule has 0 bridgehead atoms. The minimum atomic E-state index is 0.415. The first-order valence-corrected chi connectivity index (χ1v) is 7.62. The topological polar surface area (TPSA) is 21.3 Å². The number of hydrogen-bond acceptors (Lipinski definition) is 2. The molecule has 1 aliphatic rings. The first-order valence-electron chi connectivity index (χ1n) is 7.62. The maximum absolute atomic E-state index is 5.97. The molecule has 0 aromatic heterocycles. The zero-order valence-corrected chi connectivity index (χ0v) is 12.0. The number of hydrogen-bond donors (Lipinski definition) is 1. The van der Waals surface area contributed by atoms with E-state index >= 15 is 0 Å². The Kier molecular flexibility index (Phi) is 7.87. The Balaban J connectivity index is 2.57. The Morgan fingerprint density at radius 2 is 1.76 bits per heavy atom. The van der Waals surface area contributed by atoms with Gasteiger partial charge in [-0.1, -0.05) is 39.0 Å². The van der Waals surface area contributed by atoms with Gasteiger partial charge in [0.05, 0.1) is 6.10 Å². The van der Waals surface area contributed by atoms with E-state index in [1.165, 1.54) is 51.4 Å². The fourth-order valence-corrected chi connectivity index (χ4v) is 3.26. The van der Waals surface area contributed by atoms with Gasteiger partial charge < -0.3 is 10.1 Å². The first kappa shape index (κ1) is 15.0. The monoisotopic (exact) mass is 241 g/mol. The van der Waals surface area contributed by atoms with E-state index in [-0.39, 0.29) is 0 Å². The quantitative estimate of drug-likeness (QED) is 0.685. The molecular formula is C15H31NO. The van der Waals surface area contributed by atoms with E-state index in [1.807, 2.05) is 0 Å². The third-order valence-electron chi connectivity index (χ3n) is 4.10. The summed E-state index contributed by atoms with van der Waals surface area (Å²) in [5.74, 6) is 0.825. The SMILES string of the molecule is CCCC(OCC)C(NC)C1CCCCCC1. The van der Waals surface area contributed by atoms with Crippen molar-refractivity contribution >= 4 is 0 Å². The minimum Gasteiger partial charge on any atom is -0.377 e. The molecular weight excluding hydrogens is 210 g/mol. The molecule has 0 aromatic carbocycles. The van der Waals surface area contributed by atoms with Crippen molar-refractivity contribution in [3.05, 3.63) is 0 Å². The Labute approximate surface area is 108 Å². The van der Waals surface area contributed by atoms with Gasteiger partial charge in [0, 0.05) is 12.6 Å². The van der Waals surface area contributed by atoms with E-state index in [9.17, 15) is 0 Å². The predicted molar refractivity (Wildman–Crippen MR) is 74.4 cm³/mol. The predicted octanol–water partition coefficient (Wildman–Crippen LogP) is 3.75. The van der Waals surface area contributed by atoms with E-state index < -0.39 is 0 Å². The van der Waals surface area contributed by atoms with Gasteiger partial charge in [0.2, 0.25) is 0 Å². The summed E-state index contributed by atoms with van der Waals surface area (Å²) in [4.78, 5) is 0. The molecule has 0 aliphatic heterocycles. The van der Waals surface area contributed by atoms with Crippen molar-refractivity contribution in [1.29, 1.82) is 0 Å². The second-order valence-corrected chi connectivity index (χ2v) is 5.35. The van der Waals surface area contributed by atoms with Crippen LogP contribution < -0.4 is 5.32 Å². The van der Waals surface area contributed by atoms with Gasteiger partial charge in [-0.05, 0) is 39.2 Å². The molecule has 0 radical (unpaired) electrons. The Morgan fingerprint density at radius 3 is 2.24 bits per heavy atom. The van der Waals surface area contributed by atoms with Crippen LogP contribution in [0.4, 0.5) is 0 Å². The fraction of sp³-hybridized carbons (Fsp3) is 1.00. The minimum absolute atomic E-state index is 0.415. The lowest BCUT2D eigenvalue weighted by Crippen LogP contribution is -2.45. The van der Waals surface area contributed by atoms with Gasteiger partial charge in [-0.2, -0.15) is 0 Å². The average Bonchev–Trinajstić information content (AvgIpc) is 2.60. The van der Waals surface area contributed by atoms with Crippen LogP contribution in [-0.2, 0) is 4.74 Å². The summed E-state index contributed by atoms with van der Waals surface area (Å²) in [5, 5.41) is 3.54. The van der Waals surface area contributed by atoms with Crippen LogP contribution in [0, 0.1) is 5.92 Å². The molecule has 2 heteroatoms. The Bertz CT molecular complexity index is 168. The van der Waals surface area contributed by atoms with Crippen LogP contribution in [-0.4, -0.2) is 25.8 Å². The highest BCUT2D eigenvalue weighted by Gasteiger charge is 2.28. The zero-order valence-electron chi connectivity index (χ0n) is 12.0. The average molecular weight is 241 g/mol. The van der Waals surface area contributed by atoms with Crippen LogP contribution in [0.2, 0.25) is 0 Å². The third kappa shape index (κ3) is 4.97. The Hall–Kier alpha value is -0.0800. The van der Waals surface area contributed by atoms with Crippen LogP contribution >= 0.6 is 0 Å². The van der Waals surface area contributed by atoms with Gasteiger partial charge >= 0.3 is 0 Å². The molecule has 0 aromatic rings. The van der Waals surface area contributed by atoms with E-state index in [0.717, 1.165) is 12.5 Å². The summed E-state index contributed by atoms with van der Waals surface area (Å²) in [6.45, 7) is 5.21. The summed E-state index contributed by atoms with van der Waals surface area (Å²) >= 11 is 0. The third-order valence-corrected chi connectivity index (χ3v) is 4.10. The van der Waals surface area contributed by atoms with Crippen molar-refractivity contribution in [3.63, 3.8) is 0 Å². The molecule has 102 valence electrons. The second kappa shape index (κ2) is 8.93. The number of likely N-dealkylation sites (N-methyl/N-ethyl adjacent to an activating group) is 1. The summed E-state index contributed by atoms with van der Waals surface area (Å²) in [6, 6.07) is 0.563. The van der Waals surface area contributed by atoms with E-state index in [2.05, 4.69) is 26.2 Å². The van der Waals surface area contributed by atoms with Gasteiger partial charge in [0.15, 0.2) is 0 Å². The summed E-state index contributed by atoms with van der Waals surface area (Å²) in [7, 11) is 2.11. The highest BCUT2D eigenvalue weighted by Crippen LogP contribution is 2.28. The lowest BCUT2D eigenvalue weighted by molar-refractivity contribution is 0.0114. The summed E-state index contributed by atoms with van der Waals surface area (Å²) in [5.41, 5.74) is 0. The molecule has 0 saturated heterocycles. The van der Waals surface area contributed by atoms with Gasteiger partial charge in [-0.25, -0.2) is 0 Å². The van der Waals surface area contributed by atoms with Crippen LogP contribution in [0.5, 0.6) is 0 Å². The number of rotatable bonds is 7. The maximum Gasteiger partial charge on any atom is 0.0730 e. The molecule has 1 saturated carbocycles. The molecule has 0 heterocycles. The molecule has 2 nitrogen and oxygen atoms in total. The van der Waals surface area contributed by atoms with Crippen molar-refractivity contribution in [2.45, 2.75) is 77.4 Å². The molecule has 0 amide bonds. The van der Waals surface area contributed by atoms with Crippen LogP contribution in [0.15, 0.2) is 0 Å². The maximum atomic E-state index is 5.97. The van der Waals surface area contributed by atoms with Crippen molar-refractivity contribution in [2.75, 3.05) is 13.7 Å². The van der Waals surface area contributed by atoms with Crippen LogP contribution in [0.3, 0.4) is 0 Å². The van der Waals surface area contributed by atoms with Crippen molar-refractivity contribution in [2.24, 2.45) is 5.92 Å². The highest BCUT2D eigenvalue weighted by molar-refractivity contribution is 4.84. The second-order valence-electron chi connectivity index (χ2n) is 5.35. The largest absolute Gasteiger partial charge is 0.377 e. The zero-order chi connectivity index (χ0) is 12.5. The van der Waals surface area contributed by atoms with E-state index in [0.29, 0.717) is 12.1 Å². The van der Waals surface area contributed by atoms with E-state index in [4.69, 9.17) is 4.74 Å². The number of nitrogens with one attached hydrogen (secondary N) is 1. The molecule has 1 aliphatic carbocycles. The number of ether oxygens (including phenoxy) is 1. The van der Waals surface area contributed by atoms with Crippen LogP contribution in [0.25, 0.3) is 0 Å². The Morgan fingerprint density at radius 1 is 1.12 bits per heavy atom. The van der Waals surface area contributed by atoms with Crippen molar-refractivity contribution in [1.82, 2.24) is 5.32 Å². The fourth-order valence-electron chi connectivity index (χ4n) is 3.26. The first-order chi connectivity index (χ1) is 8.33. The lowest BCUT2D eigenvalue weighted by Gasteiger charge is -2.33. The molecule has 1 N–H and O–H groups in total. The van der Waals surface area contributed by atoms with E-state index in [1.54, 1.807) is 0 Å². The van der Waals surface area contributed by atoms with Gasteiger partial charge in [0.1, 0.15) is 0 Å². The van der Waals surface area contributed by atoms with Crippen LogP contribution in [0.1, 0.15) is 65.2 Å². The standard InChI is InChI=1S/C15H31NO/c1-4-10-14(17-5-2)15(16-3)13-11-8-6-7-9-12-13/h13-16H,4-12H2,1-3H3. The van der Waals surface area contributed by atoms with Gasteiger partial charge in [-0.15, -0.1) is 0 Å². The molecule has 2 atom stereocenters. The van der Waals surface area contributed by atoms with Gasteiger partial charge in [-0.3, -0.25) is 0 Å². The summed E-state index contributed by atoms with van der Waals surface area (Å²) in [6.07, 6.45) is 11.3.